The van der Waals surface area contributed by atoms with Crippen molar-refractivity contribution < 1.29 is 31.5 Å². The number of carboxylic acid groups (broad SMARTS) is 1. The topological polar surface area (TPSA) is 99.9 Å². The molecule has 0 aliphatic heterocycles. The first kappa shape index (κ1) is 29.0. The van der Waals surface area contributed by atoms with Crippen LogP contribution < -0.4 is 15.5 Å². The van der Waals surface area contributed by atoms with Gasteiger partial charge in [-0.15, -0.1) is 0 Å². The second-order valence-electron chi connectivity index (χ2n) is 8.92. The van der Waals surface area contributed by atoms with Gasteiger partial charge in [0, 0.05) is 22.7 Å². The molecule has 0 saturated carbocycles. The third-order valence-electron chi connectivity index (χ3n) is 5.78. The van der Waals surface area contributed by atoms with Crippen LogP contribution in [0.4, 0.5) is 5.69 Å². The molecule has 0 radical (unpaired) electrons. The van der Waals surface area contributed by atoms with Crippen LogP contribution in [0.2, 0.25) is 0 Å². The molecule has 190 valence electrons. The summed E-state index contributed by atoms with van der Waals surface area (Å²) in [7, 11) is 0. The van der Waals surface area contributed by atoms with Crippen LogP contribution in [0.25, 0.3) is 0 Å². The summed E-state index contributed by atoms with van der Waals surface area (Å²) >= 11 is 0. The number of aliphatic carboxylic acids is 1. The smallest absolute Gasteiger partial charge is 0.860 e. The van der Waals surface area contributed by atoms with Crippen molar-refractivity contribution in [3.05, 3.63) is 102 Å². The Hall–Kier alpha value is -3.28. The Morgan fingerprint density at radius 3 is 2.06 bits per heavy atom. The first-order valence-electron chi connectivity index (χ1n) is 11.7. The normalized spacial score (nSPS) is 14.0. The number of nitrogens with one attached hydrogen (secondary N) is 1. The van der Waals surface area contributed by atoms with E-state index in [4.69, 9.17) is 0 Å². The molecule has 0 spiro atoms. The molecule has 0 aromatic heterocycles. The Kier molecular flexibility index (Phi) is 10.6. The number of carbonyl (C=O) groups excluding carboxylic acids is 1. The first-order valence-corrected chi connectivity index (χ1v) is 11.7. The van der Waals surface area contributed by atoms with Gasteiger partial charge in [0.05, 0.1) is 23.4 Å². The van der Waals surface area contributed by atoms with E-state index in [1.54, 1.807) is 39.0 Å². The number of benzene rings is 3. The van der Waals surface area contributed by atoms with Crippen LogP contribution in [0.5, 0.6) is 0 Å². The van der Waals surface area contributed by atoms with Gasteiger partial charge >= 0.3 is 16.5 Å². The van der Waals surface area contributed by atoms with Gasteiger partial charge in [-0.1, -0.05) is 85.8 Å². The number of carboxylic acids is 1. The summed E-state index contributed by atoms with van der Waals surface area (Å²) in [5.41, 5.74) is 2.33. The Labute approximate surface area is 223 Å². The van der Waals surface area contributed by atoms with Gasteiger partial charge in [-0.25, -0.2) is 0 Å². The van der Waals surface area contributed by atoms with Gasteiger partial charge in [0.15, 0.2) is 0 Å². The number of hydrogen-bond acceptors (Lipinski definition) is 6. The minimum absolute atomic E-state index is 0. The molecule has 1 N–H and O–H groups in total. The van der Waals surface area contributed by atoms with Crippen molar-refractivity contribution in [2.24, 2.45) is 9.98 Å². The van der Waals surface area contributed by atoms with Crippen LogP contribution in [-0.2, 0) is 21.3 Å². The van der Waals surface area contributed by atoms with Gasteiger partial charge in [-0.2, -0.15) is 0 Å². The van der Waals surface area contributed by atoms with Crippen LogP contribution in [0, 0.1) is 0 Å². The van der Waals surface area contributed by atoms with Gasteiger partial charge < -0.3 is 20.3 Å². The SMILES string of the molecule is CC[C@@H](N=C(c1ccccc1)c1ccccc1N=C([O-])C(C)(C)N[C@@H](C)c1ccccc1)C(=O)[O-].[Ni+2]. The van der Waals surface area contributed by atoms with E-state index in [0.717, 1.165) is 11.1 Å². The first-order chi connectivity index (χ1) is 16.7. The van der Waals surface area contributed by atoms with E-state index in [-0.39, 0.29) is 34.9 Å². The van der Waals surface area contributed by atoms with E-state index >= 15 is 0 Å². The molecule has 3 aromatic rings. The number of para-hydroxylation sites is 1. The number of aliphatic imine (C=N–C) groups is 2. The van der Waals surface area contributed by atoms with Crippen molar-refractivity contribution in [3.8, 4) is 0 Å². The van der Waals surface area contributed by atoms with E-state index in [0.29, 0.717) is 17.0 Å². The third-order valence-corrected chi connectivity index (χ3v) is 5.78. The standard InChI is InChI=1S/C29H33N3O3.Ni/c1-5-24(27(33)34)30-26(22-16-10-7-11-17-22)23-18-12-13-19-25(23)31-28(35)29(3,4)32-20(2)21-14-8-6-9-15-21;/h6-20,24,32H,5H2,1-4H3,(H,31,35)(H,33,34);/q;+2/p-2/t20-,24+;/m0./s1. The number of rotatable bonds is 10. The van der Waals surface area contributed by atoms with E-state index in [1.807, 2.05) is 73.7 Å². The summed E-state index contributed by atoms with van der Waals surface area (Å²) in [4.78, 5) is 20.6. The predicted octanol–water partition coefficient (Wildman–Crippen LogP) is 3.57. The molecule has 0 aliphatic rings. The van der Waals surface area contributed by atoms with Crippen LogP contribution in [0.1, 0.15) is 56.8 Å². The molecule has 3 rings (SSSR count). The van der Waals surface area contributed by atoms with Crippen LogP contribution >= 0.6 is 0 Å². The van der Waals surface area contributed by atoms with E-state index in [9.17, 15) is 15.0 Å². The monoisotopic (exact) mass is 527 g/mol. The Morgan fingerprint density at radius 2 is 1.47 bits per heavy atom. The number of hydrogen-bond donors (Lipinski definition) is 1. The second-order valence-corrected chi connectivity index (χ2v) is 8.92. The molecule has 0 fully saturated rings. The molecule has 0 amide bonds. The Morgan fingerprint density at radius 1 is 0.917 bits per heavy atom. The molecule has 2 atom stereocenters. The molecule has 3 aromatic carbocycles. The van der Waals surface area contributed by atoms with E-state index in [1.165, 1.54) is 0 Å². The fourth-order valence-electron chi connectivity index (χ4n) is 3.81. The molecular formula is C29H31N3NiO3. The predicted molar refractivity (Wildman–Crippen MR) is 137 cm³/mol. The van der Waals surface area contributed by atoms with Crippen molar-refractivity contribution in [3.63, 3.8) is 0 Å². The molecule has 0 heterocycles. The zero-order chi connectivity index (χ0) is 25.4. The summed E-state index contributed by atoms with van der Waals surface area (Å²) in [6.07, 6.45) is 0.283. The van der Waals surface area contributed by atoms with Crippen LogP contribution in [0.3, 0.4) is 0 Å². The maximum absolute atomic E-state index is 13.3. The molecule has 0 unspecified atom stereocenters. The van der Waals surface area contributed by atoms with Crippen LogP contribution in [-0.4, -0.2) is 29.2 Å². The molecule has 0 bridgehead atoms. The molecule has 0 saturated heterocycles. The van der Waals surface area contributed by atoms with Crippen molar-refractivity contribution in [1.29, 1.82) is 0 Å². The Bertz CT molecular complexity index is 1190. The second kappa shape index (κ2) is 13.1. The van der Waals surface area contributed by atoms with Gasteiger partial charge in [0.1, 0.15) is 0 Å². The number of carbonyl (C=O) groups is 1. The number of nitrogens with zero attached hydrogens (tertiary/aromatic N) is 2. The van der Waals surface area contributed by atoms with Crippen LogP contribution in [0.15, 0.2) is 94.9 Å². The molecule has 7 heteroatoms. The van der Waals surface area contributed by atoms with E-state index in [2.05, 4.69) is 15.3 Å². The van der Waals surface area contributed by atoms with Crippen molar-refractivity contribution >= 4 is 23.3 Å². The fourth-order valence-corrected chi connectivity index (χ4v) is 3.81. The summed E-state index contributed by atoms with van der Waals surface area (Å²) in [6, 6.07) is 25.3. The zero-order valence-corrected chi connectivity index (χ0v) is 21.9. The summed E-state index contributed by atoms with van der Waals surface area (Å²) < 4.78 is 0. The third kappa shape index (κ3) is 7.36. The minimum atomic E-state index is -1.24. The average Bonchev–Trinajstić information content (AvgIpc) is 2.86. The van der Waals surface area contributed by atoms with Gasteiger partial charge in [0.25, 0.3) is 0 Å². The summed E-state index contributed by atoms with van der Waals surface area (Å²) in [5, 5.41) is 28.3. The van der Waals surface area contributed by atoms with Gasteiger partial charge in [0.2, 0.25) is 0 Å². The molecule has 6 nitrogen and oxygen atoms in total. The quantitative estimate of drug-likeness (QED) is 0.247. The van der Waals surface area contributed by atoms with Gasteiger partial charge in [-0.3, -0.25) is 9.98 Å². The maximum Gasteiger partial charge on any atom is 2.00 e. The van der Waals surface area contributed by atoms with Crippen molar-refractivity contribution in [1.82, 2.24) is 5.32 Å². The fraction of sp³-hybridized carbons (Fsp3) is 0.276. The maximum atomic E-state index is 13.3. The molecule has 36 heavy (non-hydrogen) atoms. The Balaban J connectivity index is 0.00000456. The molecule has 0 aliphatic carbocycles. The van der Waals surface area contributed by atoms with E-state index < -0.39 is 17.6 Å². The zero-order valence-electron chi connectivity index (χ0n) is 20.9. The largest absolute Gasteiger partial charge is 2.00 e. The summed E-state index contributed by atoms with van der Waals surface area (Å²) in [6.45, 7) is 7.35. The van der Waals surface area contributed by atoms with Crippen molar-refractivity contribution in [2.45, 2.75) is 51.7 Å². The summed E-state index contributed by atoms with van der Waals surface area (Å²) in [5.74, 6) is -1.58. The minimum Gasteiger partial charge on any atom is -0.860 e. The molecular weight excluding hydrogens is 497 g/mol. The average molecular weight is 528 g/mol. The van der Waals surface area contributed by atoms with Gasteiger partial charge in [-0.05, 0) is 44.7 Å². The van der Waals surface area contributed by atoms with Crippen molar-refractivity contribution in [2.75, 3.05) is 0 Å².